The van der Waals surface area contributed by atoms with Crippen LogP contribution in [0.25, 0.3) is 16.6 Å². The number of nitrogens with one attached hydrogen (secondary N) is 2. The van der Waals surface area contributed by atoms with Gasteiger partial charge in [-0.2, -0.15) is 15.1 Å². The third-order valence-corrected chi connectivity index (χ3v) is 6.25. The van der Waals surface area contributed by atoms with Crippen molar-refractivity contribution in [2.75, 3.05) is 18.9 Å². The second kappa shape index (κ2) is 8.78. The summed E-state index contributed by atoms with van der Waals surface area (Å²) in [6.45, 7) is 0. The number of anilines is 1. The summed E-state index contributed by atoms with van der Waals surface area (Å²) >= 11 is 6.29. The van der Waals surface area contributed by atoms with Gasteiger partial charge in [-0.05, 0) is 12.1 Å². The van der Waals surface area contributed by atoms with E-state index in [9.17, 15) is 17.2 Å². The van der Waals surface area contributed by atoms with Crippen LogP contribution in [0.3, 0.4) is 0 Å². The van der Waals surface area contributed by atoms with Gasteiger partial charge in [0.15, 0.2) is 0 Å². The summed E-state index contributed by atoms with van der Waals surface area (Å²) in [4.78, 5) is 14.5. The average molecular weight is 500 g/mol. The number of hydrogen-bond acceptors (Lipinski definition) is 8. The summed E-state index contributed by atoms with van der Waals surface area (Å²) in [6, 6.07) is 3.05. The minimum Gasteiger partial charge on any atom is -0.481 e. The number of hydrogen-bond donors (Lipinski definition) is 2. The highest BCUT2D eigenvalue weighted by Gasteiger charge is 2.26. The van der Waals surface area contributed by atoms with E-state index in [0.29, 0.717) is 21.6 Å². The van der Waals surface area contributed by atoms with Gasteiger partial charge in [-0.15, -0.1) is 0 Å². The number of sulfonamides is 1. The Morgan fingerprint density at radius 2 is 1.91 bits per heavy atom. The number of benzene rings is 1. The highest BCUT2D eigenvalue weighted by molar-refractivity contribution is 7.93. The molecule has 0 saturated carbocycles. The Balaban J connectivity index is 1.77. The van der Waals surface area contributed by atoms with Gasteiger partial charge in [0.2, 0.25) is 24.1 Å². The lowest BCUT2D eigenvalue weighted by Gasteiger charge is -2.14. The lowest BCUT2D eigenvalue weighted by molar-refractivity contribution is 0.146. The number of halogens is 3. The van der Waals surface area contributed by atoms with Crippen LogP contribution in [0.5, 0.6) is 11.8 Å². The molecule has 0 atom stereocenters. The Hall–Kier alpha value is -3.52. The number of methoxy groups -OCH3 is 2. The van der Waals surface area contributed by atoms with E-state index >= 15 is 0 Å². The number of fused-ring (bicyclic) bond motifs is 1. The number of aromatic nitrogens is 6. The molecule has 0 unspecified atom stereocenters. The van der Waals surface area contributed by atoms with Crippen molar-refractivity contribution in [3.8, 4) is 17.4 Å². The van der Waals surface area contributed by atoms with Crippen LogP contribution < -0.4 is 14.2 Å². The lowest BCUT2D eigenvalue weighted by atomic mass is 10.2. The number of alkyl halides is 2. The van der Waals surface area contributed by atoms with Crippen molar-refractivity contribution in [3.63, 3.8) is 0 Å². The molecule has 0 bridgehead atoms. The Kier molecular flexibility index (Phi) is 6.03. The maximum atomic E-state index is 13.1. The minimum atomic E-state index is -4.23. The van der Waals surface area contributed by atoms with Gasteiger partial charge in [-0.1, -0.05) is 11.6 Å². The van der Waals surface area contributed by atoms with E-state index in [1.165, 1.54) is 49.9 Å². The maximum absolute atomic E-state index is 13.1. The molecule has 4 aromatic rings. The van der Waals surface area contributed by atoms with Gasteiger partial charge in [0.1, 0.15) is 23.2 Å². The van der Waals surface area contributed by atoms with Crippen LogP contribution >= 0.6 is 11.6 Å². The van der Waals surface area contributed by atoms with Crippen LogP contribution in [-0.4, -0.2) is 58.8 Å². The minimum absolute atomic E-state index is 0.0860. The quantitative estimate of drug-likeness (QED) is 0.377. The molecule has 0 aliphatic rings. The molecule has 33 heavy (non-hydrogen) atoms. The van der Waals surface area contributed by atoms with Gasteiger partial charge in [-0.25, -0.2) is 31.6 Å². The Labute approximate surface area is 190 Å². The van der Waals surface area contributed by atoms with Crippen LogP contribution in [0.4, 0.5) is 14.7 Å². The molecular weight excluding hydrogens is 484 g/mol. The predicted octanol–water partition coefficient (Wildman–Crippen LogP) is 2.82. The molecule has 0 aliphatic heterocycles. The van der Waals surface area contributed by atoms with Gasteiger partial charge in [0, 0.05) is 18.0 Å². The van der Waals surface area contributed by atoms with Gasteiger partial charge in [0.25, 0.3) is 10.0 Å². The third-order valence-electron chi connectivity index (χ3n) is 4.58. The van der Waals surface area contributed by atoms with Crippen molar-refractivity contribution in [3.05, 3.63) is 41.6 Å². The summed E-state index contributed by atoms with van der Waals surface area (Å²) in [5.41, 5.74) is 0.720. The van der Waals surface area contributed by atoms with Crippen molar-refractivity contribution in [1.29, 1.82) is 0 Å². The number of aromatic amines is 1. The monoisotopic (exact) mass is 499 g/mol. The second-order valence-electron chi connectivity index (χ2n) is 6.56. The maximum Gasteiger partial charge on any atom is 0.266 e. The summed E-state index contributed by atoms with van der Waals surface area (Å²) in [5, 5.41) is 4.67. The van der Waals surface area contributed by atoms with Crippen molar-refractivity contribution in [2.24, 2.45) is 0 Å². The first kappa shape index (κ1) is 22.7. The van der Waals surface area contributed by atoms with Crippen LogP contribution in [0.15, 0.2) is 35.9 Å². The van der Waals surface area contributed by atoms with E-state index in [1.54, 1.807) is 0 Å². The molecule has 3 heterocycles. The molecule has 2 N–H and O–H groups in total. The second-order valence-corrected chi connectivity index (χ2v) is 8.61. The summed E-state index contributed by atoms with van der Waals surface area (Å²) < 4.78 is 65.8. The highest BCUT2D eigenvalue weighted by atomic mass is 35.5. The molecule has 15 heteroatoms. The summed E-state index contributed by atoms with van der Waals surface area (Å²) in [5.74, 6) is -0.889. The van der Waals surface area contributed by atoms with Crippen molar-refractivity contribution in [1.82, 2.24) is 29.7 Å². The van der Waals surface area contributed by atoms with Crippen LogP contribution in [-0.2, 0) is 16.4 Å². The zero-order valence-corrected chi connectivity index (χ0v) is 18.7. The van der Waals surface area contributed by atoms with Gasteiger partial charge in [-0.3, -0.25) is 0 Å². The van der Waals surface area contributed by atoms with E-state index in [4.69, 9.17) is 21.1 Å². The molecule has 0 aliphatic carbocycles. The fourth-order valence-corrected chi connectivity index (χ4v) is 4.59. The molecule has 11 nitrogen and oxygen atoms in total. The fraction of sp³-hybridized carbons (Fsp3) is 0.222. The van der Waals surface area contributed by atoms with Crippen molar-refractivity contribution < 1.29 is 26.7 Å². The Morgan fingerprint density at radius 3 is 2.48 bits per heavy atom. The largest absolute Gasteiger partial charge is 0.481 e. The topological polar surface area (TPSA) is 137 Å². The van der Waals surface area contributed by atoms with Crippen LogP contribution in [0.1, 0.15) is 5.56 Å². The fourth-order valence-electron chi connectivity index (χ4n) is 3.23. The zero-order valence-electron chi connectivity index (χ0n) is 17.1. The van der Waals surface area contributed by atoms with Crippen molar-refractivity contribution >= 4 is 38.5 Å². The first-order valence-electron chi connectivity index (χ1n) is 9.19. The zero-order chi connectivity index (χ0) is 23.8. The van der Waals surface area contributed by atoms with Gasteiger partial charge in [0.05, 0.1) is 30.3 Å². The summed E-state index contributed by atoms with van der Waals surface area (Å²) in [6.07, 6.45) is 0.557. The summed E-state index contributed by atoms with van der Waals surface area (Å²) in [7, 11) is -1.81. The van der Waals surface area contributed by atoms with E-state index < -0.39 is 28.8 Å². The molecule has 1 aromatic carbocycles. The number of H-pyrrole nitrogens is 1. The van der Waals surface area contributed by atoms with Gasteiger partial charge >= 0.3 is 0 Å². The standard InChI is InChI=1S/C18H16ClF2N7O4S/c1-31-16-10(5-13(20)21)17(32-2)26-18(25-16)27-33(29,30)12-6-23-14-9(12)3-4-11(19)15(14)28-8-22-7-24-28/h3-4,6-8,13,23H,5H2,1-2H3,(H,25,26,27). The van der Waals surface area contributed by atoms with Gasteiger partial charge < -0.3 is 14.5 Å². The van der Waals surface area contributed by atoms with E-state index in [-0.39, 0.29) is 22.2 Å². The van der Waals surface area contributed by atoms with Crippen molar-refractivity contribution in [2.45, 2.75) is 17.7 Å². The number of ether oxygens (including phenoxy) is 2. The molecule has 0 spiro atoms. The van der Waals surface area contributed by atoms with E-state index in [1.807, 2.05) is 0 Å². The SMILES string of the molecule is COc1nc(NS(=O)(=O)c2c[nH]c3c(-n4cncn4)c(Cl)ccc23)nc(OC)c1CC(F)F. The van der Waals surface area contributed by atoms with Crippen LogP contribution in [0.2, 0.25) is 5.02 Å². The predicted molar refractivity (Wildman–Crippen MR) is 114 cm³/mol. The molecule has 0 radical (unpaired) electrons. The third kappa shape index (κ3) is 4.26. The normalized spacial score (nSPS) is 11.8. The number of rotatable bonds is 8. The molecule has 0 fully saturated rings. The molecular formula is C18H16ClF2N7O4S. The van der Waals surface area contributed by atoms with E-state index in [2.05, 4.69) is 29.8 Å². The molecule has 0 amide bonds. The van der Waals surface area contributed by atoms with E-state index in [0.717, 1.165) is 0 Å². The first-order chi connectivity index (χ1) is 15.7. The van der Waals surface area contributed by atoms with Crippen LogP contribution in [0, 0.1) is 0 Å². The molecule has 4 rings (SSSR count). The number of nitrogens with zero attached hydrogens (tertiary/aromatic N) is 5. The Bertz CT molecular complexity index is 1390. The Morgan fingerprint density at radius 1 is 1.21 bits per heavy atom. The molecule has 0 saturated heterocycles. The molecule has 3 aromatic heterocycles. The smallest absolute Gasteiger partial charge is 0.266 e. The first-order valence-corrected chi connectivity index (χ1v) is 11.1. The lowest BCUT2D eigenvalue weighted by Crippen LogP contribution is -2.16. The molecule has 174 valence electrons. The average Bonchev–Trinajstić information content (AvgIpc) is 3.44. The highest BCUT2D eigenvalue weighted by Crippen LogP contribution is 2.34.